The minimum absolute atomic E-state index is 0.503. The molecule has 0 N–H and O–H groups in total. The summed E-state index contributed by atoms with van der Waals surface area (Å²) in [5.74, 6) is 0. The second-order valence-electron chi connectivity index (χ2n) is 2.27. The highest BCUT2D eigenvalue weighted by Gasteiger charge is 2.00. The molecule has 0 aromatic carbocycles. The number of halogens is 1. The second kappa shape index (κ2) is 2.54. The van der Waals surface area contributed by atoms with Crippen molar-refractivity contribution in [2.45, 2.75) is 20.8 Å². The molecule has 0 bridgehead atoms. The molecule has 0 fully saturated rings. The van der Waals surface area contributed by atoms with Crippen molar-refractivity contribution in [3.05, 3.63) is 22.2 Å². The first kappa shape index (κ1) is 7.48. The minimum atomic E-state index is 0.503. The summed E-state index contributed by atoms with van der Waals surface area (Å²) in [6.45, 7) is 5.67. The molecule has 0 aliphatic rings. The molecule has 0 radical (unpaired) electrons. The summed E-state index contributed by atoms with van der Waals surface area (Å²) < 4.78 is 0. The van der Waals surface area contributed by atoms with Gasteiger partial charge in [0.25, 0.3) is 0 Å². The topological polar surface area (TPSA) is 25.8 Å². The van der Waals surface area contributed by atoms with Crippen LogP contribution in [0.15, 0.2) is 0 Å². The second-order valence-corrected chi connectivity index (χ2v) is 2.63. The van der Waals surface area contributed by atoms with E-state index < -0.39 is 0 Å². The fourth-order valence-corrected chi connectivity index (χ4v) is 0.857. The third-order valence-corrected chi connectivity index (χ3v) is 1.78. The summed E-state index contributed by atoms with van der Waals surface area (Å²) in [5.41, 5.74) is 2.64. The molecule has 1 rings (SSSR count). The van der Waals surface area contributed by atoms with Gasteiger partial charge in [0.15, 0.2) is 5.15 Å². The van der Waals surface area contributed by atoms with E-state index in [0.717, 1.165) is 17.1 Å². The number of hydrogen-bond donors (Lipinski definition) is 0. The molecule has 0 amide bonds. The van der Waals surface area contributed by atoms with Crippen molar-refractivity contribution in [2.75, 3.05) is 0 Å². The fourth-order valence-electron chi connectivity index (χ4n) is 0.688. The lowest BCUT2D eigenvalue weighted by Crippen LogP contribution is -1.94. The van der Waals surface area contributed by atoms with Crippen molar-refractivity contribution in [1.29, 1.82) is 0 Å². The summed E-state index contributed by atoms with van der Waals surface area (Å²) >= 11 is 5.71. The number of rotatable bonds is 0. The van der Waals surface area contributed by atoms with Crippen LogP contribution >= 0.6 is 11.6 Å². The standard InChI is InChI=1S/C7H9ClN2/c1-4-5(2)10-7(8)6(3)9-4/h1-3H3. The van der Waals surface area contributed by atoms with Crippen LogP contribution in [0.1, 0.15) is 17.1 Å². The van der Waals surface area contributed by atoms with Crippen LogP contribution in [0.5, 0.6) is 0 Å². The molecule has 0 saturated heterocycles. The predicted molar refractivity (Wildman–Crippen MR) is 41.3 cm³/mol. The molecular weight excluding hydrogens is 148 g/mol. The largest absolute Gasteiger partial charge is 0.253 e. The number of hydrogen-bond acceptors (Lipinski definition) is 2. The van der Waals surface area contributed by atoms with Crippen LogP contribution in [-0.4, -0.2) is 9.97 Å². The zero-order valence-corrected chi connectivity index (χ0v) is 7.03. The fraction of sp³-hybridized carbons (Fsp3) is 0.429. The maximum absolute atomic E-state index is 5.71. The lowest BCUT2D eigenvalue weighted by molar-refractivity contribution is 1.00. The van der Waals surface area contributed by atoms with Gasteiger partial charge in [-0.05, 0) is 20.8 Å². The van der Waals surface area contributed by atoms with Gasteiger partial charge < -0.3 is 0 Å². The van der Waals surface area contributed by atoms with Crippen molar-refractivity contribution in [3.63, 3.8) is 0 Å². The number of aromatic nitrogens is 2. The maximum atomic E-state index is 5.71. The highest BCUT2D eigenvalue weighted by atomic mass is 35.5. The van der Waals surface area contributed by atoms with Gasteiger partial charge in [0, 0.05) is 0 Å². The summed E-state index contributed by atoms with van der Waals surface area (Å²) in [5, 5.41) is 0.503. The Balaban J connectivity index is 3.28. The van der Waals surface area contributed by atoms with Gasteiger partial charge in [0.2, 0.25) is 0 Å². The van der Waals surface area contributed by atoms with Gasteiger partial charge in [-0.15, -0.1) is 0 Å². The van der Waals surface area contributed by atoms with Gasteiger partial charge in [-0.3, -0.25) is 4.98 Å². The molecule has 54 valence electrons. The zero-order valence-electron chi connectivity index (χ0n) is 6.27. The van der Waals surface area contributed by atoms with E-state index in [-0.39, 0.29) is 0 Å². The van der Waals surface area contributed by atoms with E-state index in [1.54, 1.807) is 0 Å². The Bertz CT molecular complexity index is 208. The predicted octanol–water partition coefficient (Wildman–Crippen LogP) is 2.06. The molecule has 10 heavy (non-hydrogen) atoms. The lowest BCUT2D eigenvalue weighted by atomic mass is 10.3. The lowest BCUT2D eigenvalue weighted by Gasteiger charge is -2.00. The first-order valence-electron chi connectivity index (χ1n) is 3.08. The van der Waals surface area contributed by atoms with Gasteiger partial charge in [-0.2, -0.15) is 0 Å². The van der Waals surface area contributed by atoms with E-state index in [2.05, 4.69) is 9.97 Å². The monoisotopic (exact) mass is 156 g/mol. The van der Waals surface area contributed by atoms with Crippen molar-refractivity contribution in [1.82, 2.24) is 9.97 Å². The SMILES string of the molecule is Cc1nc(C)c(Cl)nc1C. The highest BCUT2D eigenvalue weighted by molar-refractivity contribution is 6.29. The molecule has 0 atom stereocenters. The average molecular weight is 157 g/mol. The van der Waals surface area contributed by atoms with E-state index in [4.69, 9.17) is 11.6 Å². The zero-order chi connectivity index (χ0) is 7.72. The first-order chi connectivity index (χ1) is 4.61. The molecule has 0 unspecified atom stereocenters. The molecule has 0 saturated carbocycles. The molecule has 1 aromatic rings. The number of nitrogens with zero attached hydrogens (tertiary/aromatic N) is 2. The Hall–Kier alpha value is -0.630. The molecule has 0 aliphatic carbocycles. The Kier molecular flexibility index (Phi) is 1.90. The number of aryl methyl sites for hydroxylation is 3. The van der Waals surface area contributed by atoms with E-state index in [0.29, 0.717) is 5.15 Å². The molecule has 2 nitrogen and oxygen atoms in total. The summed E-state index contributed by atoms with van der Waals surface area (Å²) in [7, 11) is 0. The van der Waals surface area contributed by atoms with Crippen LogP contribution < -0.4 is 0 Å². The maximum Gasteiger partial charge on any atom is 0.150 e. The van der Waals surface area contributed by atoms with Gasteiger partial charge in [-0.25, -0.2) is 4.98 Å². The Morgan fingerprint density at radius 3 is 1.90 bits per heavy atom. The Morgan fingerprint density at radius 2 is 1.40 bits per heavy atom. The molecule has 3 heteroatoms. The van der Waals surface area contributed by atoms with Crippen molar-refractivity contribution in [2.24, 2.45) is 0 Å². The average Bonchev–Trinajstić information content (AvgIpc) is 1.84. The van der Waals surface area contributed by atoms with Crippen molar-refractivity contribution >= 4 is 11.6 Å². The normalized spacial score (nSPS) is 10.0. The van der Waals surface area contributed by atoms with Crippen LogP contribution in [0.3, 0.4) is 0 Å². The first-order valence-corrected chi connectivity index (χ1v) is 3.46. The molecule has 0 spiro atoms. The van der Waals surface area contributed by atoms with E-state index >= 15 is 0 Å². The van der Waals surface area contributed by atoms with E-state index in [1.165, 1.54) is 0 Å². The quantitative estimate of drug-likeness (QED) is 0.575. The molecular formula is C7H9ClN2. The van der Waals surface area contributed by atoms with Gasteiger partial charge >= 0.3 is 0 Å². The third kappa shape index (κ3) is 1.27. The van der Waals surface area contributed by atoms with Gasteiger partial charge in [0.1, 0.15) is 0 Å². The van der Waals surface area contributed by atoms with Crippen LogP contribution in [0.2, 0.25) is 5.15 Å². The molecule has 1 heterocycles. The Labute approximate surface area is 65.3 Å². The van der Waals surface area contributed by atoms with Crippen molar-refractivity contribution < 1.29 is 0 Å². The summed E-state index contributed by atoms with van der Waals surface area (Å²) in [4.78, 5) is 8.25. The van der Waals surface area contributed by atoms with Crippen LogP contribution in [0.4, 0.5) is 0 Å². The Morgan fingerprint density at radius 1 is 0.900 bits per heavy atom. The summed E-state index contributed by atoms with van der Waals surface area (Å²) in [6, 6.07) is 0. The van der Waals surface area contributed by atoms with Crippen LogP contribution in [0.25, 0.3) is 0 Å². The molecule has 0 aliphatic heterocycles. The van der Waals surface area contributed by atoms with Gasteiger partial charge in [0.05, 0.1) is 17.1 Å². The van der Waals surface area contributed by atoms with Crippen LogP contribution in [-0.2, 0) is 0 Å². The highest BCUT2D eigenvalue weighted by Crippen LogP contribution is 2.11. The minimum Gasteiger partial charge on any atom is -0.253 e. The van der Waals surface area contributed by atoms with E-state index in [1.807, 2.05) is 20.8 Å². The third-order valence-electron chi connectivity index (χ3n) is 1.42. The van der Waals surface area contributed by atoms with Crippen LogP contribution in [0, 0.1) is 20.8 Å². The van der Waals surface area contributed by atoms with E-state index in [9.17, 15) is 0 Å². The molecule has 1 aromatic heterocycles. The summed E-state index contributed by atoms with van der Waals surface area (Å²) in [6.07, 6.45) is 0. The smallest absolute Gasteiger partial charge is 0.150 e. The van der Waals surface area contributed by atoms with Crippen molar-refractivity contribution in [3.8, 4) is 0 Å². The van der Waals surface area contributed by atoms with Gasteiger partial charge in [-0.1, -0.05) is 11.6 Å².